The van der Waals surface area contributed by atoms with E-state index in [1.807, 2.05) is 34.0 Å². The molecule has 8 nitrogen and oxygen atoms in total. The molecule has 0 aliphatic rings. The summed E-state index contributed by atoms with van der Waals surface area (Å²) in [4.78, 5) is 25.4. The molecule has 1 N–H and O–H groups in total. The molecule has 5 aromatic rings. The van der Waals surface area contributed by atoms with Crippen LogP contribution in [0.1, 0.15) is 11.3 Å². The van der Waals surface area contributed by atoms with Crippen LogP contribution in [0.3, 0.4) is 0 Å². The number of furan rings is 1. The number of amides is 1. The van der Waals surface area contributed by atoms with Gasteiger partial charge < -0.3 is 9.73 Å². The molecule has 0 bridgehead atoms. The molecule has 0 saturated carbocycles. The van der Waals surface area contributed by atoms with E-state index in [4.69, 9.17) is 16.0 Å². The van der Waals surface area contributed by atoms with Gasteiger partial charge in [-0.15, -0.1) is 21.5 Å². The molecule has 0 spiro atoms. The van der Waals surface area contributed by atoms with E-state index < -0.39 is 0 Å². The number of aromatic nitrogens is 4. The molecule has 0 aliphatic carbocycles. The van der Waals surface area contributed by atoms with E-state index in [0.717, 1.165) is 11.1 Å². The van der Waals surface area contributed by atoms with Gasteiger partial charge in [-0.2, -0.15) is 0 Å². The molecule has 4 aromatic heterocycles. The van der Waals surface area contributed by atoms with Crippen molar-refractivity contribution in [2.24, 2.45) is 0 Å². The summed E-state index contributed by atoms with van der Waals surface area (Å²) < 4.78 is 9.34. The number of benzene rings is 1. The van der Waals surface area contributed by atoms with Gasteiger partial charge in [0.2, 0.25) is 11.7 Å². The maximum Gasteiger partial charge on any atom is 0.273 e. The molecule has 4 heterocycles. The number of carbonyl (C=O) groups excluding carboxylic acids is 1. The molecule has 32 heavy (non-hydrogen) atoms. The van der Waals surface area contributed by atoms with Crippen molar-refractivity contribution in [1.29, 1.82) is 0 Å². The van der Waals surface area contributed by atoms with Gasteiger partial charge >= 0.3 is 0 Å². The summed E-state index contributed by atoms with van der Waals surface area (Å²) in [6.45, 7) is 0.585. The number of thiophene rings is 1. The van der Waals surface area contributed by atoms with Gasteiger partial charge in [0.15, 0.2) is 5.16 Å². The Kier molecular flexibility index (Phi) is 5.73. The van der Waals surface area contributed by atoms with Crippen molar-refractivity contribution in [2.45, 2.75) is 18.2 Å². The number of hydrogen-bond donors (Lipinski definition) is 1. The molecule has 0 fully saturated rings. The number of halogens is 1. The molecule has 0 saturated heterocycles. The third-order valence-corrected chi connectivity index (χ3v) is 7.03. The van der Waals surface area contributed by atoms with E-state index in [1.165, 1.54) is 27.7 Å². The molecule has 11 heteroatoms. The highest BCUT2D eigenvalue weighted by molar-refractivity contribution is 7.99. The second kappa shape index (κ2) is 8.81. The van der Waals surface area contributed by atoms with Gasteiger partial charge in [-0.05, 0) is 35.2 Å². The molecular formula is C21H16ClN5O3S2. The quantitative estimate of drug-likeness (QED) is 0.352. The van der Waals surface area contributed by atoms with Gasteiger partial charge in [0.05, 0.1) is 24.1 Å². The smallest absolute Gasteiger partial charge is 0.273 e. The normalized spacial score (nSPS) is 11.4. The summed E-state index contributed by atoms with van der Waals surface area (Å²) in [7, 11) is 0. The standard InChI is InChI=1S/C21H16ClN5O3S2/c22-15-6-2-1-4-13(15)10-23-17(28)12-32-21-25-24-20-26(11-14-5-3-8-30-14)19(29)18-16(27(20)21)7-9-31-18/h1-9H,10-12H2,(H,23,28). The Hall–Kier alpha value is -3.08. The first-order valence-electron chi connectivity index (χ1n) is 9.62. The van der Waals surface area contributed by atoms with E-state index in [-0.39, 0.29) is 23.8 Å². The predicted octanol–water partition coefficient (Wildman–Crippen LogP) is 3.81. The zero-order valence-corrected chi connectivity index (χ0v) is 18.9. The number of nitrogens with zero attached hydrogens (tertiary/aromatic N) is 4. The average Bonchev–Trinajstić information content (AvgIpc) is 3.55. The van der Waals surface area contributed by atoms with E-state index >= 15 is 0 Å². The van der Waals surface area contributed by atoms with Crippen LogP contribution < -0.4 is 10.9 Å². The highest BCUT2D eigenvalue weighted by atomic mass is 35.5. The van der Waals surface area contributed by atoms with Gasteiger partial charge in [0.25, 0.3) is 5.56 Å². The van der Waals surface area contributed by atoms with Crippen LogP contribution >= 0.6 is 34.7 Å². The minimum Gasteiger partial charge on any atom is -0.467 e. The topological polar surface area (TPSA) is 94.4 Å². The monoisotopic (exact) mass is 485 g/mol. The molecule has 1 aromatic carbocycles. The SMILES string of the molecule is O=C(CSc1nnc2n(Cc3ccco3)c(=O)c3sccc3n12)NCc1ccccc1Cl. The van der Waals surface area contributed by atoms with Crippen LogP contribution in [0.25, 0.3) is 16.0 Å². The lowest BCUT2D eigenvalue weighted by Gasteiger charge is -2.08. The van der Waals surface area contributed by atoms with E-state index in [0.29, 0.717) is 33.0 Å². The molecule has 5 rings (SSSR count). The maximum atomic E-state index is 13.0. The third kappa shape index (κ3) is 3.92. The summed E-state index contributed by atoms with van der Waals surface area (Å²) in [5, 5.41) is 14.4. The molecule has 0 radical (unpaired) electrons. The van der Waals surface area contributed by atoms with Crippen molar-refractivity contribution in [3.63, 3.8) is 0 Å². The molecular weight excluding hydrogens is 470 g/mol. The Morgan fingerprint density at radius 3 is 2.88 bits per heavy atom. The molecule has 1 amide bonds. The fraction of sp³-hybridized carbons (Fsp3) is 0.143. The van der Waals surface area contributed by atoms with Crippen molar-refractivity contribution in [3.8, 4) is 0 Å². The Morgan fingerprint density at radius 1 is 1.19 bits per heavy atom. The summed E-state index contributed by atoms with van der Waals surface area (Å²) in [5.74, 6) is 1.03. The van der Waals surface area contributed by atoms with Gasteiger partial charge in [-0.3, -0.25) is 18.6 Å². The van der Waals surface area contributed by atoms with E-state index in [9.17, 15) is 9.59 Å². The van der Waals surface area contributed by atoms with Crippen LogP contribution in [0.2, 0.25) is 5.02 Å². The van der Waals surface area contributed by atoms with Crippen LogP contribution in [-0.2, 0) is 17.9 Å². The van der Waals surface area contributed by atoms with Gasteiger partial charge in [-0.25, -0.2) is 0 Å². The average molecular weight is 486 g/mol. The summed E-state index contributed by atoms with van der Waals surface area (Å²) in [6.07, 6.45) is 1.56. The van der Waals surface area contributed by atoms with Crippen molar-refractivity contribution in [3.05, 3.63) is 80.8 Å². The van der Waals surface area contributed by atoms with Crippen molar-refractivity contribution in [1.82, 2.24) is 24.5 Å². The van der Waals surface area contributed by atoms with E-state index in [1.54, 1.807) is 24.5 Å². The van der Waals surface area contributed by atoms with Crippen molar-refractivity contribution >= 4 is 56.6 Å². The van der Waals surface area contributed by atoms with Crippen LogP contribution in [0, 0.1) is 0 Å². The Morgan fingerprint density at radius 2 is 2.06 bits per heavy atom. The lowest BCUT2D eigenvalue weighted by atomic mass is 10.2. The Bertz CT molecular complexity index is 1470. The Balaban J connectivity index is 1.40. The van der Waals surface area contributed by atoms with Crippen molar-refractivity contribution < 1.29 is 9.21 Å². The predicted molar refractivity (Wildman–Crippen MR) is 124 cm³/mol. The van der Waals surface area contributed by atoms with Crippen LogP contribution in [0.5, 0.6) is 0 Å². The molecule has 0 atom stereocenters. The van der Waals surface area contributed by atoms with E-state index in [2.05, 4.69) is 15.5 Å². The van der Waals surface area contributed by atoms with Gasteiger partial charge in [-0.1, -0.05) is 41.6 Å². The number of rotatable bonds is 7. The van der Waals surface area contributed by atoms with Crippen LogP contribution in [0.15, 0.2) is 68.5 Å². The largest absolute Gasteiger partial charge is 0.467 e. The molecule has 162 valence electrons. The first-order valence-corrected chi connectivity index (χ1v) is 11.9. The lowest BCUT2D eigenvalue weighted by molar-refractivity contribution is -0.118. The fourth-order valence-electron chi connectivity index (χ4n) is 3.31. The fourth-order valence-corrected chi connectivity index (χ4v) is 5.11. The zero-order valence-electron chi connectivity index (χ0n) is 16.5. The number of carbonyl (C=O) groups is 1. The lowest BCUT2D eigenvalue weighted by Crippen LogP contribution is -2.25. The second-order valence-corrected chi connectivity index (χ2v) is 9.15. The van der Waals surface area contributed by atoms with Gasteiger partial charge in [0.1, 0.15) is 10.5 Å². The zero-order chi connectivity index (χ0) is 22.1. The van der Waals surface area contributed by atoms with Crippen LogP contribution in [-0.4, -0.2) is 30.8 Å². The first-order chi connectivity index (χ1) is 15.6. The summed E-state index contributed by atoms with van der Waals surface area (Å²) >= 11 is 8.76. The summed E-state index contributed by atoms with van der Waals surface area (Å²) in [6, 6.07) is 12.8. The van der Waals surface area contributed by atoms with Crippen LogP contribution in [0.4, 0.5) is 0 Å². The highest BCUT2D eigenvalue weighted by Gasteiger charge is 2.19. The minimum absolute atomic E-state index is 0.147. The molecule has 0 aliphatic heterocycles. The maximum absolute atomic E-state index is 13.0. The number of fused-ring (bicyclic) bond motifs is 3. The van der Waals surface area contributed by atoms with Gasteiger partial charge in [0, 0.05) is 11.6 Å². The first kappa shape index (κ1) is 20.8. The van der Waals surface area contributed by atoms with Crippen molar-refractivity contribution in [2.75, 3.05) is 5.75 Å². The summed E-state index contributed by atoms with van der Waals surface area (Å²) in [5.41, 5.74) is 1.41. The third-order valence-electron chi connectivity index (χ3n) is 4.84. The number of nitrogens with one attached hydrogen (secondary N) is 1. The minimum atomic E-state index is -0.155. The highest BCUT2D eigenvalue weighted by Crippen LogP contribution is 2.24. The number of hydrogen-bond acceptors (Lipinski definition) is 7. The molecule has 0 unspecified atom stereocenters. The number of thioether (sulfide) groups is 1. The Labute approximate surface area is 194 Å². The second-order valence-electron chi connectivity index (χ2n) is 6.88.